The van der Waals surface area contributed by atoms with Crippen LogP contribution >= 0.6 is 23.2 Å². The Morgan fingerprint density at radius 3 is 2.39 bits per heavy atom. The molecular weight excluding hydrogens is 402 g/mol. The van der Waals surface area contributed by atoms with Gasteiger partial charge in [0.2, 0.25) is 0 Å². The third kappa shape index (κ3) is 7.13. The average molecular weight is 429 g/mol. The van der Waals surface area contributed by atoms with Gasteiger partial charge in [-0.05, 0) is 64.3 Å². The van der Waals surface area contributed by atoms with Crippen LogP contribution in [0.4, 0.5) is 4.39 Å². The number of halogens is 3. The largest absolute Gasteiger partial charge is 0.490 e. The van der Waals surface area contributed by atoms with E-state index in [0.717, 1.165) is 25.1 Å². The summed E-state index contributed by atoms with van der Waals surface area (Å²) in [5.74, 6) is 0.771. The maximum Gasteiger partial charge on any atom is 0.163 e. The third-order valence-corrected chi connectivity index (χ3v) is 4.79. The smallest absolute Gasteiger partial charge is 0.163 e. The van der Waals surface area contributed by atoms with E-state index in [0.29, 0.717) is 40.3 Å². The van der Waals surface area contributed by atoms with Crippen LogP contribution in [0.5, 0.6) is 11.5 Å². The Labute approximate surface area is 176 Å². The van der Waals surface area contributed by atoms with Crippen molar-refractivity contribution in [1.29, 1.82) is 0 Å². The fraction of sp³-hybridized carbons (Fsp3) is 0.429. The summed E-state index contributed by atoms with van der Waals surface area (Å²) in [7, 11) is 4.12. The standard InChI is InChI=1S/C21H27Cl2FN2O2/c1-4-27-20-10-16(13-25-8-5-9-26(2)3)19(23)12-21(20)28-14-15-6-7-17(24)11-18(15)22/h6-7,10-12,25H,4-5,8-9,13-14H2,1-3H3. The quantitative estimate of drug-likeness (QED) is 0.501. The Morgan fingerprint density at radius 1 is 1.00 bits per heavy atom. The van der Waals surface area contributed by atoms with Crippen LogP contribution in [0.2, 0.25) is 10.0 Å². The second kappa shape index (κ2) is 11.5. The minimum Gasteiger partial charge on any atom is -0.490 e. The molecule has 0 saturated carbocycles. The van der Waals surface area contributed by atoms with Gasteiger partial charge in [0.15, 0.2) is 11.5 Å². The summed E-state index contributed by atoms with van der Waals surface area (Å²) in [5, 5.41) is 4.32. The highest BCUT2D eigenvalue weighted by molar-refractivity contribution is 6.31. The molecule has 0 heterocycles. The van der Waals surface area contributed by atoms with Crippen molar-refractivity contribution in [3.8, 4) is 11.5 Å². The molecule has 28 heavy (non-hydrogen) atoms. The monoisotopic (exact) mass is 428 g/mol. The lowest BCUT2D eigenvalue weighted by molar-refractivity contribution is 0.269. The van der Waals surface area contributed by atoms with Gasteiger partial charge in [-0.3, -0.25) is 0 Å². The molecule has 0 unspecified atom stereocenters. The second-order valence-electron chi connectivity index (χ2n) is 6.68. The normalized spacial score (nSPS) is 11.1. The molecule has 154 valence electrons. The Morgan fingerprint density at radius 2 is 1.71 bits per heavy atom. The molecule has 0 spiro atoms. The summed E-state index contributed by atoms with van der Waals surface area (Å²) >= 11 is 12.5. The first-order valence-electron chi connectivity index (χ1n) is 9.28. The molecule has 0 aliphatic carbocycles. The van der Waals surface area contributed by atoms with Crippen molar-refractivity contribution in [2.45, 2.75) is 26.5 Å². The molecule has 0 aromatic heterocycles. The average Bonchev–Trinajstić information content (AvgIpc) is 2.63. The van der Waals surface area contributed by atoms with Gasteiger partial charge in [0.25, 0.3) is 0 Å². The highest BCUT2D eigenvalue weighted by atomic mass is 35.5. The van der Waals surface area contributed by atoms with Gasteiger partial charge in [0, 0.05) is 23.2 Å². The van der Waals surface area contributed by atoms with Crippen molar-refractivity contribution in [3.05, 3.63) is 57.3 Å². The molecule has 2 aromatic rings. The minimum absolute atomic E-state index is 0.192. The van der Waals surface area contributed by atoms with Crippen molar-refractivity contribution in [2.24, 2.45) is 0 Å². The molecule has 0 aliphatic rings. The van der Waals surface area contributed by atoms with Crippen LogP contribution < -0.4 is 14.8 Å². The second-order valence-corrected chi connectivity index (χ2v) is 7.50. The van der Waals surface area contributed by atoms with Crippen molar-refractivity contribution in [3.63, 3.8) is 0 Å². The maximum atomic E-state index is 13.2. The maximum absolute atomic E-state index is 13.2. The number of hydrogen-bond donors (Lipinski definition) is 1. The van der Waals surface area contributed by atoms with E-state index in [1.54, 1.807) is 12.1 Å². The van der Waals surface area contributed by atoms with Crippen LogP contribution in [0.1, 0.15) is 24.5 Å². The van der Waals surface area contributed by atoms with E-state index >= 15 is 0 Å². The summed E-state index contributed by atoms with van der Waals surface area (Å²) in [5.41, 5.74) is 1.63. The van der Waals surface area contributed by atoms with Gasteiger partial charge in [-0.1, -0.05) is 29.3 Å². The van der Waals surface area contributed by atoms with Crippen molar-refractivity contribution < 1.29 is 13.9 Å². The zero-order valence-corrected chi connectivity index (χ0v) is 18.0. The van der Waals surface area contributed by atoms with E-state index in [-0.39, 0.29) is 12.4 Å². The van der Waals surface area contributed by atoms with E-state index < -0.39 is 0 Å². The fourth-order valence-corrected chi connectivity index (χ4v) is 3.07. The first-order valence-corrected chi connectivity index (χ1v) is 10.0. The lowest BCUT2D eigenvalue weighted by atomic mass is 10.2. The zero-order chi connectivity index (χ0) is 20.5. The molecule has 0 saturated heterocycles. The Hall–Kier alpha value is -1.53. The topological polar surface area (TPSA) is 33.7 Å². The zero-order valence-electron chi connectivity index (χ0n) is 16.5. The first-order chi connectivity index (χ1) is 13.4. The van der Waals surface area contributed by atoms with E-state index in [1.807, 2.05) is 13.0 Å². The van der Waals surface area contributed by atoms with Gasteiger partial charge in [-0.2, -0.15) is 0 Å². The van der Waals surface area contributed by atoms with E-state index in [2.05, 4.69) is 24.3 Å². The number of nitrogens with one attached hydrogen (secondary N) is 1. The molecular formula is C21H27Cl2FN2O2. The van der Waals surface area contributed by atoms with Crippen LogP contribution in [0.3, 0.4) is 0 Å². The molecule has 2 rings (SSSR count). The summed E-state index contributed by atoms with van der Waals surface area (Å²) < 4.78 is 24.8. The highest BCUT2D eigenvalue weighted by Crippen LogP contribution is 2.34. The van der Waals surface area contributed by atoms with Gasteiger partial charge in [-0.15, -0.1) is 0 Å². The highest BCUT2D eigenvalue weighted by Gasteiger charge is 2.12. The molecule has 4 nitrogen and oxygen atoms in total. The summed E-state index contributed by atoms with van der Waals surface area (Å²) in [6.07, 6.45) is 1.06. The van der Waals surface area contributed by atoms with Gasteiger partial charge in [0.1, 0.15) is 12.4 Å². The Bertz CT molecular complexity index is 772. The van der Waals surface area contributed by atoms with Crippen molar-refractivity contribution in [2.75, 3.05) is 33.8 Å². The van der Waals surface area contributed by atoms with Crippen molar-refractivity contribution in [1.82, 2.24) is 10.2 Å². The molecule has 0 aliphatic heterocycles. The molecule has 0 radical (unpaired) electrons. The van der Waals surface area contributed by atoms with Gasteiger partial charge < -0.3 is 19.7 Å². The summed E-state index contributed by atoms with van der Waals surface area (Å²) in [6.45, 7) is 5.19. The van der Waals surface area contributed by atoms with Crippen LogP contribution in [0, 0.1) is 5.82 Å². The van der Waals surface area contributed by atoms with E-state index in [4.69, 9.17) is 32.7 Å². The number of nitrogens with zero attached hydrogens (tertiary/aromatic N) is 1. The fourth-order valence-electron chi connectivity index (χ4n) is 2.63. The number of hydrogen-bond acceptors (Lipinski definition) is 4. The molecule has 1 N–H and O–H groups in total. The van der Waals surface area contributed by atoms with Gasteiger partial charge in [-0.25, -0.2) is 4.39 Å². The Balaban J connectivity index is 2.04. The van der Waals surface area contributed by atoms with Crippen LogP contribution in [-0.2, 0) is 13.2 Å². The number of ether oxygens (including phenoxy) is 2. The predicted octanol–water partition coefficient (Wildman–Crippen LogP) is 5.15. The van der Waals surface area contributed by atoms with Gasteiger partial charge in [0.05, 0.1) is 11.6 Å². The molecule has 0 fully saturated rings. The summed E-state index contributed by atoms with van der Waals surface area (Å²) in [6, 6.07) is 7.87. The van der Waals surface area contributed by atoms with Crippen LogP contribution in [0.15, 0.2) is 30.3 Å². The van der Waals surface area contributed by atoms with E-state index in [9.17, 15) is 4.39 Å². The first kappa shape index (κ1) is 22.8. The third-order valence-electron chi connectivity index (χ3n) is 4.09. The lowest BCUT2D eigenvalue weighted by Gasteiger charge is -2.16. The molecule has 7 heteroatoms. The van der Waals surface area contributed by atoms with Crippen molar-refractivity contribution >= 4 is 23.2 Å². The number of benzene rings is 2. The molecule has 0 amide bonds. The lowest BCUT2D eigenvalue weighted by Crippen LogP contribution is -2.21. The molecule has 2 aromatic carbocycles. The van der Waals surface area contributed by atoms with Gasteiger partial charge >= 0.3 is 0 Å². The van der Waals surface area contributed by atoms with Crippen LogP contribution in [-0.4, -0.2) is 38.7 Å². The van der Waals surface area contributed by atoms with Crippen LogP contribution in [0.25, 0.3) is 0 Å². The molecule has 0 bridgehead atoms. The van der Waals surface area contributed by atoms with E-state index in [1.165, 1.54) is 12.1 Å². The summed E-state index contributed by atoms with van der Waals surface area (Å²) in [4.78, 5) is 2.15. The minimum atomic E-state index is -0.380. The molecule has 0 atom stereocenters. The number of rotatable bonds is 11. The predicted molar refractivity (Wildman–Crippen MR) is 113 cm³/mol. The Kier molecular flexibility index (Phi) is 9.32. The SMILES string of the molecule is CCOc1cc(CNCCCN(C)C)c(Cl)cc1OCc1ccc(F)cc1Cl.